The van der Waals surface area contributed by atoms with Gasteiger partial charge >= 0.3 is 0 Å². The summed E-state index contributed by atoms with van der Waals surface area (Å²) in [6.07, 6.45) is 13.4. The van der Waals surface area contributed by atoms with Gasteiger partial charge in [0, 0.05) is 7.26 Å². The van der Waals surface area contributed by atoms with Crippen LogP contribution in [0.25, 0.3) is 0 Å². The molecule has 0 fully saturated rings. The Bertz CT molecular complexity index is 112. The van der Waals surface area contributed by atoms with Crippen molar-refractivity contribution in [2.75, 3.05) is 24.6 Å². The van der Waals surface area contributed by atoms with E-state index >= 15 is 0 Å². The first-order chi connectivity index (χ1) is 6.74. The van der Waals surface area contributed by atoms with Crippen LogP contribution in [0.5, 0.6) is 0 Å². The third kappa shape index (κ3) is 5.35. The third-order valence-corrected chi connectivity index (χ3v) is 8.61. The van der Waals surface area contributed by atoms with Crippen LogP contribution in [0, 0.1) is 0 Å². The summed E-state index contributed by atoms with van der Waals surface area (Å²) >= 11 is 0. The van der Waals surface area contributed by atoms with E-state index in [0.717, 1.165) is 0 Å². The molecule has 0 aliphatic rings. The SMILES string of the molecule is CCCC[P+](CC)(CCC)CCCC. The Morgan fingerprint density at radius 3 is 1.43 bits per heavy atom. The lowest BCUT2D eigenvalue weighted by Crippen LogP contribution is -2.10. The van der Waals surface area contributed by atoms with E-state index in [9.17, 15) is 0 Å². The molecule has 0 amide bonds. The lowest BCUT2D eigenvalue weighted by Gasteiger charge is -2.26. The zero-order valence-electron chi connectivity index (χ0n) is 10.8. The van der Waals surface area contributed by atoms with Gasteiger partial charge in [0.05, 0.1) is 24.6 Å². The Kier molecular flexibility index (Phi) is 8.98. The molecule has 0 aromatic carbocycles. The highest BCUT2D eigenvalue weighted by Crippen LogP contribution is 2.60. The van der Waals surface area contributed by atoms with Crippen LogP contribution < -0.4 is 0 Å². The van der Waals surface area contributed by atoms with Gasteiger partial charge in [-0.25, -0.2) is 0 Å². The Morgan fingerprint density at radius 1 is 0.643 bits per heavy atom. The highest BCUT2D eigenvalue weighted by Gasteiger charge is 2.32. The van der Waals surface area contributed by atoms with Gasteiger partial charge in [0.15, 0.2) is 0 Å². The van der Waals surface area contributed by atoms with Crippen molar-refractivity contribution in [1.82, 2.24) is 0 Å². The van der Waals surface area contributed by atoms with Crippen molar-refractivity contribution in [2.24, 2.45) is 0 Å². The summed E-state index contributed by atoms with van der Waals surface area (Å²) in [6.45, 7) is 9.46. The average Bonchev–Trinajstić information content (AvgIpc) is 2.22. The van der Waals surface area contributed by atoms with E-state index in [2.05, 4.69) is 27.7 Å². The van der Waals surface area contributed by atoms with E-state index in [0.29, 0.717) is 0 Å². The molecule has 0 aliphatic heterocycles. The van der Waals surface area contributed by atoms with Crippen LogP contribution in [0.3, 0.4) is 0 Å². The molecular formula is C13H30P+. The number of rotatable bonds is 9. The van der Waals surface area contributed by atoms with Gasteiger partial charge < -0.3 is 0 Å². The lowest BCUT2D eigenvalue weighted by molar-refractivity contribution is 0.851. The summed E-state index contributed by atoms with van der Waals surface area (Å²) in [7, 11) is -0.510. The molecular weight excluding hydrogens is 187 g/mol. The maximum absolute atomic E-state index is 2.44. The van der Waals surface area contributed by atoms with E-state index in [1.54, 1.807) is 18.5 Å². The number of hydrogen-bond acceptors (Lipinski definition) is 0. The molecule has 0 spiro atoms. The van der Waals surface area contributed by atoms with Gasteiger partial charge in [-0.15, -0.1) is 0 Å². The fourth-order valence-corrected chi connectivity index (χ4v) is 6.81. The van der Waals surface area contributed by atoms with E-state index in [-0.39, 0.29) is 0 Å². The predicted octanol–water partition coefficient (Wildman–Crippen LogP) is 5.03. The Balaban J connectivity index is 4.11. The second-order valence-corrected chi connectivity index (χ2v) is 9.19. The lowest BCUT2D eigenvalue weighted by atomic mass is 10.4. The molecule has 14 heavy (non-hydrogen) atoms. The molecule has 0 saturated carbocycles. The normalized spacial score (nSPS) is 12.0. The molecule has 0 aromatic rings. The quantitative estimate of drug-likeness (QED) is 0.475. The second-order valence-electron chi connectivity index (χ2n) is 4.54. The molecule has 0 aliphatic carbocycles. The summed E-state index contributed by atoms with van der Waals surface area (Å²) in [4.78, 5) is 0. The summed E-state index contributed by atoms with van der Waals surface area (Å²) in [5.74, 6) is 0. The number of unbranched alkanes of at least 4 members (excludes halogenated alkanes) is 2. The van der Waals surface area contributed by atoms with Crippen LogP contribution in [-0.2, 0) is 0 Å². The zero-order valence-corrected chi connectivity index (χ0v) is 11.7. The highest BCUT2D eigenvalue weighted by atomic mass is 31.2. The van der Waals surface area contributed by atoms with Gasteiger partial charge in [0.1, 0.15) is 0 Å². The summed E-state index contributed by atoms with van der Waals surface area (Å²) in [6, 6.07) is 0. The van der Waals surface area contributed by atoms with Crippen LogP contribution in [0.2, 0.25) is 0 Å². The minimum Gasteiger partial charge on any atom is -0.0652 e. The van der Waals surface area contributed by atoms with E-state index in [4.69, 9.17) is 0 Å². The molecule has 0 nitrogen and oxygen atoms in total. The first kappa shape index (κ1) is 14.4. The zero-order chi connectivity index (χ0) is 10.9. The monoisotopic (exact) mass is 217 g/mol. The van der Waals surface area contributed by atoms with Crippen LogP contribution >= 0.6 is 7.26 Å². The molecule has 1 heteroatoms. The largest absolute Gasteiger partial charge is 0.0652 e. The molecule has 0 rings (SSSR count). The van der Waals surface area contributed by atoms with Gasteiger partial charge in [0.25, 0.3) is 0 Å². The second kappa shape index (κ2) is 8.72. The average molecular weight is 217 g/mol. The van der Waals surface area contributed by atoms with Crippen molar-refractivity contribution in [2.45, 2.75) is 59.8 Å². The maximum atomic E-state index is 2.44. The highest BCUT2D eigenvalue weighted by molar-refractivity contribution is 7.75. The first-order valence-corrected chi connectivity index (χ1v) is 9.12. The number of hydrogen-bond donors (Lipinski definition) is 0. The van der Waals surface area contributed by atoms with E-state index < -0.39 is 7.26 Å². The predicted molar refractivity (Wildman–Crippen MR) is 72.2 cm³/mol. The van der Waals surface area contributed by atoms with Crippen molar-refractivity contribution in [1.29, 1.82) is 0 Å². The van der Waals surface area contributed by atoms with Crippen molar-refractivity contribution in [3.05, 3.63) is 0 Å². The standard InChI is InChI=1S/C13H30P/c1-5-9-12-14(8-4,11-7-3)13-10-6-2/h5-13H2,1-4H3/q+1. The van der Waals surface area contributed by atoms with E-state index in [1.165, 1.54) is 38.3 Å². The Hall–Kier alpha value is 0.430. The topological polar surface area (TPSA) is 0 Å². The summed E-state index contributed by atoms with van der Waals surface area (Å²) < 4.78 is 0. The molecule has 0 unspecified atom stereocenters. The third-order valence-electron chi connectivity index (χ3n) is 3.34. The first-order valence-electron chi connectivity index (χ1n) is 6.59. The van der Waals surface area contributed by atoms with Gasteiger partial charge in [-0.05, 0) is 26.2 Å². The van der Waals surface area contributed by atoms with Crippen LogP contribution in [0.15, 0.2) is 0 Å². The molecule has 0 saturated heterocycles. The van der Waals surface area contributed by atoms with Crippen molar-refractivity contribution in [3.63, 3.8) is 0 Å². The molecule has 0 heterocycles. The van der Waals surface area contributed by atoms with Crippen LogP contribution in [0.1, 0.15) is 59.8 Å². The molecule has 0 aromatic heterocycles. The fraction of sp³-hybridized carbons (Fsp3) is 1.00. The molecule has 0 radical (unpaired) electrons. The van der Waals surface area contributed by atoms with Crippen LogP contribution in [-0.4, -0.2) is 24.6 Å². The van der Waals surface area contributed by atoms with Crippen molar-refractivity contribution < 1.29 is 0 Å². The van der Waals surface area contributed by atoms with E-state index in [1.807, 2.05) is 0 Å². The smallest absolute Gasteiger partial charge is 0.0594 e. The summed E-state index contributed by atoms with van der Waals surface area (Å²) in [5.41, 5.74) is 0. The van der Waals surface area contributed by atoms with Gasteiger partial charge in [-0.3, -0.25) is 0 Å². The molecule has 0 N–H and O–H groups in total. The molecule has 0 atom stereocenters. The molecule has 86 valence electrons. The van der Waals surface area contributed by atoms with Gasteiger partial charge in [-0.2, -0.15) is 0 Å². The van der Waals surface area contributed by atoms with Gasteiger partial charge in [-0.1, -0.05) is 33.6 Å². The maximum Gasteiger partial charge on any atom is 0.0594 e. The Morgan fingerprint density at radius 2 is 1.14 bits per heavy atom. The van der Waals surface area contributed by atoms with Crippen LogP contribution in [0.4, 0.5) is 0 Å². The van der Waals surface area contributed by atoms with Gasteiger partial charge in [0.2, 0.25) is 0 Å². The molecule has 0 bridgehead atoms. The summed E-state index contributed by atoms with van der Waals surface area (Å²) in [5, 5.41) is 0. The fourth-order valence-electron chi connectivity index (χ4n) is 2.27. The minimum absolute atomic E-state index is 0.510. The van der Waals surface area contributed by atoms with Crippen molar-refractivity contribution >= 4 is 7.26 Å². The van der Waals surface area contributed by atoms with Crippen molar-refractivity contribution in [3.8, 4) is 0 Å². The Labute approximate surface area is 92.2 Å². The minimum atomic E-state index is -0.510.